The van der Waals surface area contributed by atoms with Crippen molar-refractivity contribution in [2.45, 2.75) is 0 Å². The van der Waals surface area contributed by atoms with Crippen LogP contribution in [0.5, 0.6) is 0 Å². The summed E-state index contributed by atoms with van der Waals surface area (Å²) in [5, 5.41) is 4.66. The third-order valence-electron chi connectivity index (χ3n) is 9.20. The molecule has 1 aromatic heterocycles. The summed E-state index contributed by atoms with van der Waals surface area (Å²) in [6.07, 6.45) is 0. The number of benzene rings is 8. The van der Waals surface area contributed by atoms with Gasteiger partial charge in [0.05, 0.1) is 11.1 Å². The first-order valence-electron chi connectivity index (χ1n) is 16.3. The lowest BCUT2D eigenvalue weighted by atomic mass is 9.96. The smallest absolute Gasteiger partial charge is 0.137 e. The van der Waals surface area contributed by atoms with Crippen LogP contribution in [0.4, 0.5) is 17.1 Å². The van der Waals surface area contributed by atoms with E-state index in [1.54, 1.807) is 0 Å². The number of hydrogen-bond donors (Lipinski definition) is 0. The van der Waals surface area contributed by atoms with Gasteiger partial charge in [0.1, 0.15) is 11.2 Å². The van der Waals surface area contributed by atoms with Crippen LogP contribution in [-0.4, -0.2) is 0 Å². The minimum Gasteiger partial charge on any atom is -0.456 e. The Bertz CT molecular complexity index is 2510. The van der Waals surface area contributed by atoms with Crippen molar-refractivity contribution in [1.82, 2.24) is 0 Å². The van der Waals surface area contributed by atoms with Gasteiger partial charge in [0.25, 0.3) is 0 Å². The quantitative estimate of drug-likeness (QED) is 0.185. The van der Waals surface area contributed by atoms with Gasteiger partial charge in [-0.3, -0.25) is 0 Å². The van der Waals surface area contributed by atoms with Gasteiger partial charge in [0.15, 0.2) is 0 Å². The average molecular weight is 614 g/mol. The predicted molar refractivity (Wildman–Crippen MR) is 202 cm³/mol. The molecule has 0 fully saturated rings. The highest BCUT2D eigenvalue weighted by Crippen LogP contribution is 2.45. The zero-order valence-corrected chi connectivity index (χ0v) is 26.3. The highest BCUT2D eigenvalue weighted by molar-refractivity contribution is 6.13. The van der Waals surface area contributed by atoms with Gasteiger partial charge in [-0.2, -0.15) is 0 Å². The van der Waals surface area contributed by atoms with Crippen molar-refractivity contribution in [2.75, 3.05) is 4.90 Å². The van der Waals surface area contributed by atoms with Crippen molar-refractivity contribution in [2.24, 2.45) is 0 Å². The Labute approximate surface area is 279 Å². The third-order valence-corrected chi connectivity index (χ3v) is 9.20. The Kier molecular flexibility index (Phi) is 6.84. The number of furan rings is 1. The third kappa shape index (κ3) is 5.01. The average Bonchev–Trinajstić information content (AvgIpc) is 3.55. The molecule has 0 spiro atoms. The first kappa shape index (κ1) is 27.9. The lowest BCUT2D eigenvalue weighted by Gasteiger charge is -2.28. The molecule has 0 aliphatic carbocycles. The fourth-order valence-electron chi connectivity index (χ4n) is 6.90. The molecular formula is C46H31NO. The molecule has 0 unspecified atom stereocenters. The lowest BCUT2D eigenvalue weighted by Crippen LogP contribution is -2.11. The largest absolute Gasteiger partial charge is 0.456 e. The summed E-state index contributed by atoms with van der Waals surface area (Å²) in [6, 6.07) is 67.1. The van der Waals surface area contributed by atoms with Gasteiger partial charge in [-0.05, 0) is 98.8 Å². The van der Waals surface area contributed by atoms with Gasteiger partial charge < -0.3 is 9.32 Å². The number of anilines is 3. The maximum absolute atomic E-state index is 6.41. The fourth-order valence-corrected chi connectivity index (χ4v) is 6.90. The Morgan fingerprint density at radius 2 is 0.917 bits per heavy atom. The molecule has 0 atom stereocenters. The molecule has 226 valence electrons. The molecule has 9 aromatic rings. The van der Waals surface area contributed by atoms with E-state index in [9.17, 15) is 0 Å². The molecule has 48 heavy (non-hydrogen) atoms. The van der Waals surface area contributed by atoms with Gasteiger partial charge in [-0.15, -0.1) is 0 Å². The number of rotatable bonds is 6. The monoisotopic (exact) mass is 613 g/mol. The Morgan fingerprint density at radius 3 is 1.69 bits per heavy atom. The van der Waals surface area contributed by atoms with E-state index in [0.717, 1.165) is 55.7 Å². The van der Waals surface area contributed by atoms with Crippen molar-refractivity contribution >= 4 is 49.8 Å². The fraction of sp³-hybridized carbons (Fsp3) is 0. The summed E-state index contributed by atoms with van der Waals surface area (Å²) in [6.45, 7) is 0. The van der Waals surface area contributed by atoms with Crippen LogP contribution in [0.15, 0.2) is 192 Å². The molecule has 9 rings (SSSR count). The number of nitrogens with zero attached hydrogens (tertiary/aromatic N) is 1. The number of para-hydroxylation sites is 1. The second kappa shape index (κ2) is 11.8. The highest BCUT2D eigenvalue weighted by atomic mass is 16.3. The van der Waals surface area contributed by atoms with Gasteiger partial charge in [0.2, 0.25) is 0 Å². The summed E-state index contributed by atoms with van der Waals surface area (Å²) in [4.78, 5) is 2.40. The van der Waals surface area contributed by atoms with Crippen molar-refractivity contribution in [3.63, 3.8) is 0 Å². The molecule has 0 amide bonds. The minimum atomic E-state index is 0.867. The van der Waals surface area contributed by atoms with E-state index in [0.29, 0.717) is 0 Å². The van der Waals surface area contributed by atoms with E-state index in [1.807, 2.05) is 12.1 Å². The maximum atomic E-state index is 6.41. The van der Waals surface area contributed by atoms with Crippen LogP contribution >= 0.6 is 0 Å². The van der Waals surface area contributed by atoms with Crippen molar-refractivity contribution in [1.29, 1.82) is 0 Å². The van der Waals surface area contributed by atoms with Gasteiger partial charge in [0, 0.05) is 16.8 Å². The number of hydrogen-bond acceptors (Lipinski definition) is 2. The van der Waals surface area contributed by atoms with E-state index >= 15 is 0 Å². The van der Waals surface area contributed by atoms with Gasteiger partial charge >= 0.3 is 0 Å². The molecule has 2 nitrogen and oxygen atoms in total. The van der Waals surface area contributed by atoms with Crippen molar-refractivity contribution < 1.29 is 4.42 Å². The first-order valence-corrected chi connectivity index (χ1v) is 16.3. The molecule has 0 bridgehead atoms. The van der Waals surface area contributed by atoms with Crippen LogP contribution in [0.3, 0.4) is 0 Å². The molecular weight excluding hydrogens is 583 g/mol. The second-order valence-corrected chi connectivity index (χ2v) is 12.2. The second-order valence-electron chi connectivity index (χ2n) is 12.2. The molecule has 0 aliphatic rings. The Morgan fingerprint density at radius 1 is 0.333 bits per heavy atom. The van der Waals surface area contributed by atoms with E-state index in [4.69, 9.17) is 4.42 Å². The molecule has 0 saturated heterocycles. The Hall–Kier alpha value is -6.38. The molecule has 0 radical (unpaired) electrons. The van der Waals surface area contributed by atoms with E-state index in [-0.39, 0.29) is 0 Å². The molecule has 2 heteroatoms. The van der Waals surface area contributed by atoms with Crippen LogP contribution in [0.2, 0.25) is 0 Å². The van der Waals surface area contributed by atoms with Crippen LogP contribution in [-0.2, 0) is 0 Å². The van der Waals surface area contributed by atoms with Crippen LogP contribution in [0, 0.1) is 0 Å². The van der Waals surface area contributed by atoms with Crippen LogP contribution in [0.1, 0.15) is 0 Å². The first-order chi connectivity index (χ1) is 23.8. The van der Waals surface area contributed by atoms with Gasteiger partial charge in [-0.25, -0.2) is 0 Å². The standard InChI is InChI=1S/C46H31NO/c1-3-13-32(14-4-1)38-28-39(33-15-5-2-6-16-33)31-41(30-38)47(43-22-12-24-45-46(43)42-21-9-10-23-44(42)48-45)40-20-11-19-36(29-40)37-26-25-34-17-7-8-18-35(34)27-37/h1-31H. The number of fused-ring (bicyclic) bond motifs is 4. The molecule has 0 saturated carbocycles. The van der Waals surface area contributed by atoms with Crippen molar-refractivity contribution in [3.05, 3.63) is 188 Å². The van der Waals surface area contributed by atoms with Crippen LogP contribution < -0.4 is 4.90 Å². The maximum Gasteiger partial charge on any atom is 0.137 e. The molecule has 0 aliphatic heterocycles. The topological polar surface area (TPSA) is 16.4 Å². The Balaban J connectivity index is 1.32. The van der Waals surface area contributed by atoms with Crippen molar-refractivity contribution in [3.8, 4) is 33.4 Å². The van der Waals surface area contributed by atoms with E-state index in [1.165, 1.54) is 27.5 Å². The zero-order valence-electron chi connectivity index (χ0n) is 26.3. The zero-order chi connectivity index (χ0) is 31.9. The summed E-state index contributed by atoms with van der Waals surface area (Å²) in [7, 11) is 0. The van der Waals surface area contributed by atoms with Crippen LogP contribution in [0.25, 0.3) is 66.1 Å². The SMILES string of the molecule is c1ccc(-c2cc(-c3ccccc3)cc(N(c3cccc(-c4ccc5ccccc5c4)c3)c3cccc4oc5ccccc5c34)c2)cc1. The lowest BCUT2D eigenvalue weighted by molar-refractivity contribution is 0.669. The molecule has 0 N–H and O–H groups in total. The highest BCUT2D eigenvalue weighted by Gasteiger charge is 2.21. The summed E-state index contributed by atoms with van der Waals surface area (Å²) in [5.74, 6) is 0. The summed E-state index contributed by atoms with van der Waals surface area (Å²) in [5.41, 5.74) is 12.0. The van der Waals surface area contributed by atoms with Gasteiger partial charge in [-0.1, -0.05) is 133 Å². The van der Waals surface area contributed by atoms with E-state index < -0.39 is 0 Å². The van der Waals surface area contributed by atoms with E-state index in [2.05, 4.69) is 181 Å². The predicted octanol–water partition coefficient (Wildman–Crippen LogP) is 13.2. The normalized spacial score (nSPS) is 11.3. The summed E-state index contributed by atoms with van der Waals surface area (Å²) < 4.78 is 6.41. The molecule has 1 heterocycles. The molecule has 8 aromatic carbocycles. The summed E-state index contributed by atoms with van der Waals surface area (Å²) >= 11 is 0. The minimum absolute atomic E-state index is 0.867.